The molecule has 1 aliphatic heterocycles. The maximum absolute atomic E-state index is 12.5. The van der Waals surface area contributed by atoms with Crippen LogP contribution in [0.4, 0.5) is 5.13 Å². The molecular formula is C16H15N5O2S. The molecule has 24 heavy (non-hydrogen) atoms. The molecule has 2 aromatic heterocycles. The molecule has 122 valence electrons. The van der Waals surface area contributed by atoms with E-state index in [1.807, 2.05) is 30.5 Å². The van der Waals surface area contributed by atoms with Crippen molar-refractivity contribution < 1.29 is 9.59 Å². The highest BCUT2D eigenvalue weighted by Crippen LogP contribution is 2.26. The number of hydrogen-bond donors (Lipinski definition) is 2. The number of H-pyrrole nitrogens is 1. The molecule has 7 nitrogen and oxygen atoms in total. The van der Waals surface area contributed by atoms with Gasteiger partial charge in [-0.1, -0.05) is 29.5 Å². The van der Waals surface area contributed by atoms with Crippen molar-refractivity contribution in [3.63, 3.8) is 0 Å². The summed E-state index contributed by atoms with van der Waals surface area (Å²) in [4.78, 5) is 29.6. The van der Waals surface area contributed by atoms with Crippen LogP contribution in [0.1, 0.15) is 18.4 Å². The maximum atomic E-state index is 12.5. The Morgan fingerprint density at radius 1 is 1.42 bits per heavy atom. The number of amides is 2. The molecule has 4 rings (SSSR count). The molecule has 0 bridgehead atoms. The fraction of sp³-hybridized carbons (Fsp3) is 0.250. The minimum Gasteiger partial charge on any atom is -0.361 e. The Labute approximate surface area is 141 Å². The van der Waals surface area contributed by atoms with Crippen LogP contribution >= 0.6 is 11.3 Å². The van der Waals surface area contributed by atoms with Crippen molar-refractivity contribution in [3.8, 4) is 0 Å². The Kier molecular flexibility index (Phi) is 3.73. The number of carbonyl (C=O) groups is 2. The Balaban J connectivity index is 1.55. The first-order valence-corrected chi connectivity index (χ1v) is 8.52. The molecule has 3 heterocycles. The molecule has 0 aliphatic carbocycles. The van der Waals surface area contributed by atoms with E-state index in [0.717, 1.165) is 16.5 Å². The maximum Gasteiger partial charge on any atom is 0.249 e. The summed E-state index contributed by atoms with van der Waals surface area (Å²) in [7, 11) is 0. The lowest BCUT2D eigenvalue weighted by Crippen LogP contribution is -2.41. The number of nitrogens with one attached hydrogen (secondary N) is 2. The highest BCUT2D eigenvalue weighted by atomic mass is 32.1. The summed E-state index contributed by atoms with van der Waals surface area (Å²) in [5, 5.41) is 11.8. The largest absolute Gasteiger partial charge is 0.361 e. The quantitative estimate of drug-likeness (QED) is 0.761. The Bertz CT molecular complexity index is 889. The molecule has 0 saturated carbocycles. The Hall–Kier alpha value is -2.74. The van der Waals surface area contributed by atoms with E-state index >= 15 is 0 Å². The van der Waals surface area contributed by atoms with Gasteiger partial charge in [0.25, 0.3) is 0 Å². The van der Waals surface area contributed by atoms with Crippen LogP contribution in [0.2, 0.25) is 0 Å². The molecule has 1 aromatic carbocycles. The summed E-state index contributed by atoms with van der Waals surface area (Å²) >= 11 is 1.26. The lowest BCUT2D eigenvalue weighted by atomic mass is 10.1. The zero-order valence-electron chi connectivity index (χ0n) is 12.7. The standard InChI is InChI=1S/C16H15N5O2S/c22-14-6-5-13(15(23)19-16-20-18-9-24-16)21(14)8-10-7-17-12-4-2-1-3-11(10)12/h1-4,7,9,13,17H,5-6,8H2,(H,19,20,23). The van der Waals surface area contributed by atoms with E-state index in [0.29, 0.717) is 24.5 Å². The number of carbonyl (C=O) groups excluding carboxylic acids is 2. The monoisotopic (exact) mass is 341 g/mol. The highest BCUT2D eigenvalue weighted by Gasteiger charge is 2.36. The van der Waals surface area contributed by atoms with Gasteiger partial charge >= 0.3 is 0 Å². The van der Waals surface area contributed by atoms with Crippen LogP contribution in [-0.4, -0.2) is 37.9 Å². The summed E-state index contributed by atoms with van der Waals surface area (Å²) < 4.78 is 0. The topological polar surface area (TPSA) is 91.0 Å². The van der Waals surface area contributed by atoms with Gasteiger partial charge in [0.1, 0.15) is 11.6 Å². The molecule has 8 heteroatoms. The molecule has 0 spiro atoms. The number of aromatic nitrogens is 3. The molecule has 1 fully saturated rings. The molecule has 1 atom stereocenters. The predicted octanol–water partition coefficient (Wildman–Crippen LogP) is 2.15. The van der Waals surface area contributed by atoms with Crippen LogP contribution in [0.5, 0.6) is 0 Å². The van der Waals surface area contributed by atoms with E-state index in [-0.39, 0.29) is 11.8 Å². The van der Waals surface area contributed by atoms with Gasteiger partial charge in [0.15, 0.2) is 0 Å². The van der Waals surface area contributed by atoms with E-state index in [4.69, 9.17) is 0 Å². The van der Waals surface area contributed by atoms with Gasteiger partial charge in [-0.15, -0.1) is 10.2 Å². The summed E-state index contributed by atoms with van der Waals surface area (Å²) in [6.45, 7) is 0.414. The van der Waals surface area contributed by atoms with Gasteiger partial charge < -0.3 is 9.88 Å². The van der Waals surface area contributed by atoms with Crippen LogP contribution in [0, 0.1) is 0 Å². The Morgan fingerprint density at radius 2 is 2.29 bits per heavy atom. The first kappa shape index (κ1) is 14.8. The number of para-hydroxylation sites is 1. The third-order valence-corrected chi connectivity index (χ3v) is 4.84. The van der Waals surface area contributed by atoms with E-state index < -0.39 is 6.04 Å². The third kappa shape index (κ3) is 2.65. The van der Waals surface area contributed by atoms with Crippen molar-refractivity contribution in [2.24, 2.45) is 0 Å². The summed E-state index contributed by atoms with van der Waals surface area (Å²) in [5.74, 6) is -0.213. The van der Waals surface area contributed by atoms with Gasteiger partial charge in [0.05, 0.1) is 0 Å². The fourth-order valence-electron chi connectivity index (χ4n) is 3.07. The third-order valence-electron chi connectivity index (χ3n) is 4.24. The first-order valence-electron chi connectivity index (χ1n) is 7.64. The highest BCUT2D eigenvalue weighted by molar-refractivity contribution is 7.13. The minimum absolute atomic E-state index is 0.00213. The minimum atomic E-state index is -0.477. The smallest absolute Gasteiger partial charge is 0.249 e. The normalized spacial score (nSPS) is 17.6. The number of likely N-dealkylation sites (tertiary alicyclic amines) is 1. The SMILES string of the molecule is O=C(Nc1nncs1)C1CCC(=O)N1Cc1c[nH]c2ccccc12. The van der Waals surface area contributed by atoms with Crippen molar-refractivity contribution in [1.29, 1.82) is 0 Å². The van der Waals surface area contributed by atoms with Crippen LogP contribution < -0.4 is 5.32 Å². The molecule has 1 unspecified atom stereocenters. The van der Waals surface area contributed by atoms with Crippen molar-refractivity contribution in [3.05, 3.63) is 41.5 Å². The number of aromatic amines is 1. The molecule has 3 aromatic rings. The average molecular weight is 341 g/mol. The second-order valence-electron chi connectivity index (χ2n) is 5.67. The van der Waals surface area contributed by atoms with Gasteiger partial charge in [0, 0.05) is 30.1 Å². The zero-order chi connectivity index (χ0) is 16.5. The summed E-state index contributed by atoms with van der Waals surface area (Å²) in [6.07, 6.45) is 2.80. The average Bonchev–Trinajstić information content (AvgIpc) is 3.30. The van der Waals surface area contributed by atoms with E-state index in [1.54, 1.807) is 10.4 Å². The molecule has 2 N–H and O–H groups in total. The molecule has 0 radical (unpaired) electrons. The number of benzene rings is 1. The first-order chi connectivity index (χ1) is 11.7. The number of anilines is 1. The van der Waals surface area contributed by atoms with Gasteiger partial charge in [-0.25, -0.2) is 0 Å². The molecule has 1 aliphatic rings. The van der Waals surface area contributed by atoms with Crippen molar-refractivity contribution in [2.45, 2.75) is 25.4 Å². The second kappa shape index (κ2) is 6.04. The van der Waals surface area contributed by atoms with Gasteiger partial charge in [-0.05, 0) is 18.1 Å². The van der Waals surface area contributed by atoms with Gasteiger partial charge in [-0.2, -0.15) is 0 Å². The second-order valence-corrected chi connectivity index (χ2v) is 6.50. The summed E-state index contributed by atoms with van der Waals surface area (Å²) in [5.41, 5.74) is 3.59. The van der Waals surface area contributed by atoms with Crippen LogP contribution in [0.15, 0.2) is 36.0 Å². The molecule has 2 amide bonds. The van der Waals surface area contributed by atoms with Gasteiger partial charge in [0.2, 0.25) is 16.9 Å². The van der Waals surface area contributed by atoms with E-state index in [1.165, 1.54) is 11.3 Å². The number of rotatable bonds is 4. The van der Waals surface area contributed by atoms with Crippen molar-refractivity contribution in [1.82, 2.24) is 20.1 Å². The number of fused-ring (bicyclic) bond motifs is 1. The van der Waals surface area contributed by atoms with Crippen molar-refractivity contribution >= 4 is 39.2 Å². The van der Waals surface area contributed by atoms with E-state index in [2.05, 4.69) is 20.5 Å². The number of nitrogens with zero attached hydrogens (tertiary/aromatic N) is 3. The summed E-state index contributed by atoms with van der Waals surface area (Å²) in [6, 6.07) is 7.45. The molecule has 1 saturated heterocycles. The lowest BCUT2D eigenvalue weighted by molar-refractivity contribution is -0.133. The lowest BCUT2D eigenvalue weighted by Gasteiger charge is -2.23. The predicted molar refractivity (Wildman–Crippen MR) is 90.4 cm³/mol. The Morgan fingerprint density at radius 3 is 3.12 bits per heavy atom. The van der Waals surface area contributed by atoms with Crippen molar-refractivity contribution in [2.75, 3.05) is 5.32 Å². The van der Waals surface area contributed by atoms with Gasteiger partial charge in [-0.3, -0.25) is 14.9 Å². The zero-order valence-corrected chi connectivity index (χ0v) is 13.5. The van der Waals surface area contributed by atoms with E-state index in [9.17, 15) is 9.59 Å². The van der Waals surface area contributed by atoms with Crippen LogP contribution in [0.3, 0.4) is 0 Å². The molecular weight excluding hydrogens is 326 g/mol. The van der Waals surface area contributed by atoms with Crippen LogP contribution in [-0.2, 0) is 16.1 Å². The fourth-order valence-corrected chi connectivity index (χ4v) is 3.51. The van der Waals surface area contributed by atoms with Crippen LogP contribution in [0.25, 0.3) is 10.9 Å². The number of hydrogen-bond acceptors (Lipinski definition) is 5.